The fourth-order valence-corrected chi connectivity index (χ4v) is 2.13. The van der Waals surface area contributed by atoms with Gasteiger partial charge in [0.25, 0.3) is 0 Å². The third-order valence-corrected chi connectivity index (χ3v) is 3.16. The molecule has 1 unspecified atom stereocenters. The number of morpholine rings is 1. The molecule has 19 heavy (non-hydrogen) atoms. The highest BCUT2D eigenvalue weighted by atomic mass is 19.1. The summed E-state index contributed by atoms with van der Waals surface area (Å²) in [4.78, 5) is 12.8. The molecule has 0 saturated carbocycles. The van der Waals surface area contributed by atoms with Crippen LogP contribution in [0.5, 0.6) is 0 Å². The number of nitrogens with zero attached hydrogens (tertiary/aromatic N) is 1. The molecule has 0 aliphatic carbocycles. The Hall–Kier alpha value is -1.66. The summed E-state index contributed by atoms with van der Waals surface area (Å²) in [5.41, 5.74) is 7.01. The second-order valence-corrected chi connectivity index (χ2v) is 4.52. The molecule has 2 rings (SSSR count). The summed E-state index contributed by atoms with van der Waals surface area (Å²) in [5, 5.41) is 8.87. The van der Waals surface area contributed by atoms with Crippen molar-refractivity contribution in [3.8, 4) is 0 Å². The summed E-state index contributed by atoms with van der Waals surface area (Å²) in [6, 6.07) is 3.37. The van der Waals surface area contributed by atoms with E-state index in [2.05, 4.69) is 0 Å². The van der Waals surface area contributed by atoms with Crippen molar-refractivity contribution in [2.24, 2.45) is 5.73 Å². The van der Waals surface area contributed by atoms with E-state index >= 15 is 0 Å². The molecule has 5 nitrogen and oxygen atoms in total. The number of carboxylic acid groups (broad SMARTS) is 1. The summed E-state index contributed by atoms with van der Waals surface area (Å²) in [5.74, 6) is -1.40. The smallest absolute Gasteiger partial charge is 0.320 e. The van der Waals surface area contributed by atoms with E-state index in [0.717, 1.165) is 5.56 Å². The van der Waals surface area contributed by atoms with Gasteiger partial charge in [0.05, 0.1) is 13.2 Å². The Kier molecular flexibility index (Phi) is 4.34. The Labute approximate surface area is 110 Å². The van der Waals surface area contributed by atoms with Crippen molar-refractivity contribution >= 4 is 11.7 Å². The highest BCUT2D eigenvalue weighted by molar-refractivity contribution is 5.74. The van der Waals surface area contributed by atoms with Crippen LogP contribution in [0, 0.1) is 5.82 Å². The third kappa shape index (κ3) is 3.42. The van der Waals surface area contributed by atoms with Crippen molar-refractivity contribution in [3.05, 3.63) is 29.6 Å². The lowest BCUT2D eigenvalue weighted by Gasteiger charge is -2.31. The first-order valence-corrected chi connectivity index (χ1v) is 6.17. The first-order valence-electron chi connectivity index (χ1n) is 6.17. The zero-order valence-corrected chi connectivity index (χ0v) is 10.5. The standard InChI is InChI=1S/C13H17FN2O3/c14-10-2-1-9(7-11(15)13(17)18)12(8-10)16-3-5-19-6-4-16/h1-2,8,11H,3-7,15H2,(H,17,18). The number of carboxylic acids is 1. The van der Waals surface area contributed by atoms with Crippen LogP contribution in [0.3, 0.4) is 0 Å². The molecule has 0 radical (unpaired) electrons. The third-order valence-electron chi connectivity index (χ3n) is 3.16. The lowest BCUT2D eigenvalue weighted by atomic mass is 10.0. The fraction of sp³-hybridized carbons (Fsp3) is 0.462. The number of rotatable bonds is 4. The van der Waals surface area contributed by atoms with Gasteiger partial charge in [0.2, 0.25) is 0 Å². The number of halogens is 1. The number of anilines is 1. The molecule has 1 heterocycles. The lowest BCUT2D eigenvalue weighted by Crippen LogP contribution is -2.38. The molecule has 1 saturated heterocycles. The molecule has 3 N–H and O–H groups in total. The minimum atomic E-state index is -1.06. The van der Waals surface area contributed by atoms with E-state index in [-0.39, 0.29) is 12.2 Å². The monoisotopic (exact) mass is 268 g/mol. The van der Waals surface area contributed by atoms with Crippen LogP contribution in [0.25, 0.3) is 0 Å². The summed E-state index contributed by atoms with van der Waals surface area (Å²) >= 11 is 0. The van der Waals surface area contributed by atoms with Crippen molar-refractivity contribution in [2.75, 3.05) is 31.2 Å². The molecule has 1 aliphatic rings. The summed E-state index contributed by atoms with van der Waals surface area (Å²) in [6.07, 6.45) is 0.183. The van der Waals surface area contributed by atoms with Gasteiger partial charge in [0.1, 0.15) is 11.9 Å². The molecule has 6 heteroatoms. The normalized spacial score (nSPS) is 17.3. The summed E-state index contributed by atoms with van der Waals surface area (Å²) in [6.45, 7) is 2.50. The molecule has 1 fully saturated rings. The van der Waals surface area contributed by atoms with Gasteiger partial charge in [-0.15, -0.1) is 0 Å². The van der Waals surface area contributed by atoms with Gasteiger partial charge in [-0.25, -0.2) is 4.39 Å². The van der Waals surface area contributed by atoms with E-state index in [9.17, 15) is 9.18 Å². The van der Waals surface area contributed by atoms with E-state index in [1.165, 1.54) is 12.1 Å². The van der Waals surface area contributed by atoms with Crippen molar-refractivity contribution in [3.63, 3.8) is 0 Å². The van der Waals surface area contributed by atoms with Crippen LogP contribution in [-0.4, -0.2) is 43.4 Å². The van der Waals surface area contributed by atoms with Crippen LogP contribution in [0.4, 0.5) is 10.1 Å². The van der Waals surface area contributed by atoms with E-state index in [0.29, 0.717) is 32.0 Å². The largest absolute Gasteiger partial charge is 0.480 e. The quantitative estimate of drug-likeness (QED) is 0.837. The number of benzene rings is 1. The van der Waals surface area contributed by atoms with Gasteiger partial charge in [0, 0.05) is 25.2 Å². The Morgan fingerprint density at radius 2 is 2.16 bits per heavy atom. The van der Waals surface area contributed by atoms with Gasteiger partial charge in [-0.1, -0.05) is 6.07 Å². The molecule has 1 atom stereocenters. The minimum Gasteiger partial charge on any atom is -0.480 e. The van der Waals surface area contributed by atoms with Crippen molar-refractivity contribution in [2.45, 2.75) is 12.5 Å². The molecule has 0 amide bonds. The van der Waals surface area contributed by atoms with E-state index in [1.807, 2.05) is 4.90 Å². The maximum absolute atomic E-state index is 13.4. The second kappa shape index (κ2) is 5.99. The average Bonchev–Trinajstić information content (AvgIpc) is 2.41. The van der Waals surface area contributed by atoms with E-state index in [1.54, 1.807) is 6.07 Å². The number of aliphatic carboxylic acids is 1. The molecule has 1 aromatic rings. The van der Waals surface area contributed by atoms with Crippen molar-refractivity contribution in [1.82, 2.24) is 0 Å². The Morgan fingerprint density at radius 1 is 1.47 bits per heavy atom. The van der Waals surface area contributed by atoms with Gasteiger partial charge in [-0.3, -0.25) is 4.79 Å². The Balaban J connectivity index is 2.24. The zero-order valence-electron chi connectivity index (χ0n) is 10.5. The van der Waals surface area contributed by atoms with Gasteiger partial charge in [-0.05, 0) is 17.7 Å². The second-order valence-electron chi connectivity index (χ2n) is 4.52. The Morgan fingerprint density at radius 3 is 2.79 bits per heavy atom. The molecular formula is C13H17FN2O3. The molecule has 0 spiro atoms. The van der Waals surface area contributed by atoms with E-state index in [4.69, 9.17) is 15.6 Å². The highest BCUT2D eigenvalue weighted by Crippen LogP contribution is 2.24. The fourth-order valence-electron chi connectivity index (χ4n) is 2.13. The minimum absolute atomic E-state index is 0.183. The van der Waals surface area contributed by atoms with Crippen molar-refractivity contribution < 1.29 is 19.0 Å². The lowest BCUT2D eigenvalue weighted by molar-refractivity contribution is -0.138. The molecule has 1 aromatic carbocycles. The zero-order chi connectivity index (χ0) is 13.8. The first kappa shape index (κ1) is 13.8. The predicted molar refractivity (Wildman–Crippen MR) is 68.7 cm³/mol. The number of hydrogen-bond acceptors (Lipinski definition) is 4. The Bertz CT molecular complexity index is 461. The number of ether oxygens (including phenoxy) is 1. The molecule has 0 bridgehead atoms. The maximum Gasteiger partial charge on any atom is 0.320 e. The number of nitrogens with two attached hydrogens (primary N) is 1. The average molecular weight is 268 g/mol. The van der Waals surface area contributed by atoms with Crippen LogP contribution in [0.1, 0.15) is 5.56 Å². The summed E-state index contributed by atoms with van der Waals surface area (Å²) in [7, 11) is 0. The molecule has 104 valence electrons. The van der Waals surface area contributed by atoms with Crippen LogP contribution < -0.4 is 10.6 Å². The maximum atomic E-state index is 13.4. The van der Waals surface area contributed by atoms with Crippen LogP contribution in [0.2, 0.25) is 0 Å². The summed E-state index contributed by atoms with van der Waals surface area (Å²) < 4.78 is 18.6. The highest BCUT2D eigenvalue weighted by Gasteiger charge is 2.19. The topological polar surface area (TPSA) is 75.8 Å². The SMILES string of the molecule is NC(Cc1ccc(F)cc1N1CCOCC1)C(=O)O. The van der Waals surface area contributed by atoms with Gasteiger partial charge in [0.15, 0.2) is 0 Å². The van der Waals surface area contributed by atoms with Crippen molar-refractivity contribution in [1.29, 1.82) is 0 Å². The number of carbonyl (C=O) groups is 1. The number of hydrogen-bond donors (Lipinski definition) is 2. The van der Waals surface area contributed by atoms with E-state index < -0.39 is 12.0 Å². The first-order chi connectivity index (χ1) is 9.08. The van der Waals surface area contributed by atoms with Crippen LogP contribution in [-0.2, 0) is 16.0 Å². The van der Waals surface area contributed by atoms with Gasteiger partial charge < -0.3 is 20.5 Å². The van der Waals surface area contributed by atoms with Crippen LogP contribution in [0.15, 0.2) is 18.2 Å². The molecular weight excluding hydrogens is 251 g/mol. The van der Waals surface area contributed by atoms with Gasteiger partial charge >= 0.3 is 5.97 Å². The molecule has 0 aromatic heterocycles. The molecule has 1 aliphatic heterocycles. The van der Waals surface area contributed by atoms with Gasteiger partial charge in [-0.2, -0.15) is 0 Å². The van der Waals surface area contributed by atoms with Crippen LogP contribution >= 0.6 is 0 Å². The predicted octanol–water partition coefficient (Wildman–Crippen LogP) is 0.617.